The molecule has 0 fully saturated rings. The van der Waals surface area contributed by atoms with Gasteiger partial charge >= 0.3 is 5.97 Å². The zero-order valence-corrected chi connectivity index (χ0v) is 15.6. The number of hydrogen-bond acceptors (Lipinski definition) is 5. The van der Waals surface area contributed by atoms with Gasteiger partial charge in [-0.1, -0.05) is 42.8 Å². The van der Waals surface area contributed by atoms with Crippen molar-refractivity contribution in [3.63, 3.8) is 0 Å². The number of thiophene rings is 1. The van der Waals surface area contributed by atoms with Crippen LogP contribution in [0, 0.1) is 6.92 Å². The van der Waals surface area contributed by atoms with Crippen molar-refractivity contribution in [2.24, 2.45) is 0 Å². The normalized spacial score (nSPS) is 11.5. The van der Waals surface area contributed by atoms with Crippen LogP contribution in [-0.2, 0) is 14.3 Å². The first-order chi connectivity index (χ1) is 12.5. The van der Waals surface area contributed by atoms with Gasteiger partial charge in [-0.15, -0.1) is 11.3 Å². The van der Waals surface area contributed by atoms with Crippen LogP contribution in [0.5, 0.6) is 0 Å². The second-order valence-electron chi connectivity index (χ2n) is 5.76. The van der Waals surface area contributed by atoms with Gasteiger partial charge in [-0.3, -0.25) is 14.4 Å². The smallest absolute Gasteiger partial charge is 0.325 e. The van der Waals surface area contributed by atoms with Gasteiger partial charge in [0.15, 0.2) is 6.61 Å². The highest BCUT2D eigenvalue weighted by atomic mass is 32.1. The first-order valence-corrected chi connectivity index (χ1v) is 9.20. The summed E-state index contributed by atoms with van der Waals surface area (Å²) >= 11 is 1.28. The Labute approximate surface area is 156 Å². The molecule has 0 spiro atoms. The van der Waals surface area contributed by atoms with Crippen LogP contribution in [0.2, 0.25) is 0 Å². The van der Waals surface area contributed by atoms with Crippen LogP contribution >= 0.6 is 11.3 Å². The minimum Gasteiger partial charge on any atom is -0.454 e. The molecule has 0 radical (unpaired) electrons. The summed E-state index contributed by atoms with van der Waals surface area (Å²) in [7, 11) is 0. The number of hydrogen-bond donors (Lipinski definition) is 2. The van der Waals surface area contributed by atoms with E-state index in [4.69, 9.17) is 4.74 Å². The minimum absolute atomic E-state index is 0.139. The Morgan fingerprint density at radius 3 is 2.50 bits per heavy atom. The van der Waals surface area contributed by atoms with Gasteiger partial charge in [0.05, 0.1) is 10.9 Å². The van der Waals surface area contributed by atoms with E-state index in [-0.39, 0.29) is 31.0 Å². The maximum atomic E-state index is 12.0. The fourth-order valence-electron chi connectivity index (χ4n) is 2.30. The topological polar surface area (TPSA) is 84.5 Å². The molecule has 0 aliphatic rings. The Bertz CT molecular complexity index is 741. The predicted octanol–water partition coefficient (Wildman–Crippen LogP) is 2.60. The molecular weight excluding hydrogens is 352 g/mol. The lowest BCUT2D eigenvalue weighted by Gasteiger charge is -2.17. The molecule has 1 aromatic heterocycles. The Hall–Kier alpha value is -2.67. The summed E-state index contributed by atoms with van der Waals surface area (Å²) in [5.41, 5.74) is 2.15. The standard InChI is InChI=1S/C19H22N2O4S/c1-3-15(14-8-6-13(2)7-9-14)21-17(22)12-25-18(23)11-20-19(24)16-5-4-10-26-16/h4-10,15H,3,11-12H2,1-2H3,(H,20,24)(H,21,22)/t15-/m1/s1. The highest BCUT2D eigenvalue weighted by molar-refractivity contribution is 7.12. The predicted molar refractivity (Wildman–Crippen MR) is 100.0 cm³/mol. The third-order valence-electron chi connectivity index (χ3n) is 3.73. The summed E-state index contributed by atoms with van der Waals surface area (Å²) in [6.07, 6.45) is 0.722. The van der Waals surface area contributed by atoms with Crippen molar-refractivity contribution >= 4 is 29.1 Å². The van der Waals surface area contributed by atoms with Gasteiger partial charge in [0.1, 0.15) is 6.54 Å². The number of carbonyl (C=O) groups is 3. The summed E-state index contributed by atoms with van der Waals surface area (Å²) < 4.78 is 4.91. The monoisotopic (exact) mass is 374 g/mol. The summed E-state index contributed by atoms with van der Waals surface area (Å²) in [6.45, 7) is 3.31. The van der Waals surface area contributed by atoms with Gasteiger partial charge in [0.2, 0.25) is 0 Å². The number of aryl methyl sites for hydroxylation is 1. The Balaban J connectivity index is 1.73. The summed E-state index contributed by atoms with van der Waals surface area (Å²) in [6, 6.07) is 11.2. The van der Waals surface area contributed by atoms with Gasteiger partial charge in [0.25, 0.3) is 11.8 Å². The first-order valence-electron chi connectivity index (χ1n) is 8.33. The average molecular weight is 374 g/mol. The lowest BCUT2D eigenvalue weighted by atomic mass is 10.0. The minimum atomic E-state index is -0.659. The summed E-state index contributed by atoms with van der Waals surface area (Å²) in [4.78, 5) is 35.9. The molecule has 0 saturated carbocycles. The molecule has 2 N–H and O–H groups in total. The van der Waals surface area contributed by atoms with Crippen molar-refractivity contribution in [2.45, 2.75) is 26.3 Å². The number of nitrogens with one attached hydrogen (secondary N) is 2. The van der Waals surface area contributed by atoms with Crippen LogP contribution in [0.15, 0.2) is 41.8 Å². The van der Waals surface area contributed by atoms with Crippen LogP contribution in [0.4, 0.5) is 0 Å². The zero-order chi connectivity index (χ0) is 18.9. The highest BCUT2D eigenvalue weighted by Gasteiger charge is 2.15. The first kappa shape index (κ1) is 19.7. The molecule has 7 heteroatoms. The van der Waals surface area contributed by atoms with Crippen molar-refractivity contribution in [3.8, 4) is 0 Å². The second-order valence-corrected chi connectivity index (χ2v) is 6.71. The van der Waals surface area contributed by atoms with E-state index < -0.39 is 5.97 Å². The molecule has 138 valence electrons. The molecule has 2 aromatic rings. The van der Waals surface area contributed by atoms with Gasteiger partial charge in [-0.25, -0.2) is 0 Å². The van der Waals surface area contributed by atoms with Crippen LogP contribution in [-0.4, -0.2) is 30.9 Å². The fourth-order valence-corrected chi connectivity index (χ4v) is 2.94. The third-order valence-corrected chi connectivity index (χ3v) is 4.59. The fraction of sp³-hybridized carbons (Fsp3) is 0.316. The molecule has 2 amide bonds. The van der Waals surface area contributed by atoms with Crippen molar-refractivity contribution in [1.82, 2.24) is 10.6 Å². The van der Waals surface area contributed by atoms with Crippen molar-refractivity contribution in [1.29, 1.82) is 0 Å². The maximum absolute atomic E-state index is 12.0. The second kappa shape index (κ2) is 9.72. The highest BCUT2D eigenvalue weighted by Crippen LogP contribution is 2.16. The van der Waals surface area contributed by atoms with E-state index in [9.17, 15) is 14.4 Å². The molecule has 0 aliphatic carbocycles. The molecule has 0 aliphatic heterocycles. The quantitative estimate of drug-likeness (QED) is 0.696. The summed E-state index contributed by atoms with van der Waals surface area (Å²) in [5, 5.41) is 7.07. The number of rotatable bonds is 8. The molecular formula is C19H22N2O4S. The summed E-state index contributed by atoms with van der Waals surface area (Å²) in [5.74, 6) is -1.38. The number of carbonyl (C=O) groups excluding carboxylic acids is 3. The molecule has 1 atom stereocenters. The number of esters is 1. The van der Waals surface area contributed by atoms with Gasteiger partial charge in [0, 0.05) is 0 Å². The van der Waals surface area contributed by atoms with Crippen LogP contribution in [0.3, 0.4) is 0 Å². The number of ether oxygens (including phenoxy) is 1. The van der Waals surface area contributed by atoms with E-state index in [0.29, 0.717) is 4.88 Å². The molecule has 0 bridgehead atoms. The van der Waals surface area contributed by atoms with Crippen molar-refractivity contribution in [3.05, 3.63) is 57.8 Å². The molecule has 2 rings (SSSR count). The van der Waals surface area contributed by atoms with Crippen LogP contribution in [0.1, 0.15) is 40.2 Å². The van der Waals surface area contributed by atoms with E-state index in [1.807, 2.05) is 38.1 Å². The number of amides is 2. The van der Waals surface area contributed by atoms with E-state index in [0.717, 1.165) is 17.5 Å². The molecule has 1 aromatic carbocycles. The van der Waals surface area contributed by atoms with Crippen LogP contribution in [0.25, 0.3) is 0 Å². The third kappa shape index (κ3) is 6.00. The largest absolute Gasteiger partial charge is 0.454 e. The number of benzene rings is 1. The lowest BCUT2D eigenvalue weighted by Crippen LogP contribution is -2.35. The SMILES string of the molecule is CC[C@@H](NC(=O)COC(=O)CNC(=O)c1cccs1)c1ccc(C)cc1. The van der Waals surface area contributed by atoms with Crippen LogP contribution < -0.4 is 10.6 Å². The lowest BCUT2D eigenvalue weighted by molar-refractivity contribution is -0.147. The van der Waals surface area contributed by atoms with Crippen molar-refractivity contribution < 1.29 is 19.1 Å². The maximum Gasteiger partial charge on any atom is 0.325 e. The van der Waals surface area contributed by atoms with E-state index in [1.165, 1.54) is 11.3 Å². The molecule has 0 saturated heterocycles. The Morgan fingerprint density at radius 1 is 1.15 bits per heavy atom. The van der Waals surface area contributed by atoms with Gasteiger partial charge in [-0.2, -0.15) is 0 Å². The zero-order valence-electron chi connectivity index (χ0n) is 14.8. The molecule has 1 heterocycles. The Kier molecular flexibility index (Phi) is 7.35. The Morgan fingerprint density at radius 2 is 1.88 bits per heavy atom. The van der Waals surface area contributed by atoms with E-state index in [2.05, 4.69) is 10.6 Å². The van der Waals surface area contributed by atoms with Crippen molar-refractivity contribution in [2.75, 3.05) is 13.2 Å². The molecule has 6 nitrogen and oxygen atoms in total. The van der Waals surface area contributed by atoms with E-state index in [1.54, 1.807) is 17.5 Å². The van der Waals surface area contributed by atoms with Gasteiger partial charge < -0.3 is 15.4 Å². The molecule has 26 heavy (non-hydrogen) atoms. The van der Waals surface area contributed by atoms with E-state index >= 15 is 0 Å². The molecule has 0 unspecified atom stereocenters. The van der Waals surface area contributed by atoms with Gasteiger partial charge in [-0.05, 0) is 30.4 Å². The average Bonchev–Trinajstić information content (AvgIpc) is 3.18.